The van der Waals surface area contributed by atoms with Crippen LogP contribution in [0.5, 0.6) is 0 Å². The topological polar surface area (TPSA) is 104 Å². The van der Waals surface area contributed by atoms with Crippen molar-refractivity contribution in [3.05, 3.63) is 0 Å². The molecule has 0 radical (unpaired) electrons. The first kappa shape index (κ1) is 13.6. The fourth-order valence-electron chi connectivity index (χ4n) is 2.11. The van der Waals surface area contributed by atoms with Gasteiger partial charge >= 0.3 is 5.97 Å². The second-order valence-corrected chi connectivity index (χ2v) is 4.27. The van der Waals surface area contributed by atoms with Crippen molar-refractivity contribution in [1.82, 2.24) is 5.32 Å². The van der Waals surface area contributed by atoms with Crippen LogP contribution in [0, 0.1) is 5.41 Å². The molecular weight excluding hydrogens is 226 g/mol. The minimum atomic E-state index is -1.56. The van der Waals surface area contributed by atoms with Crippen molar-refractivity contribution in [2.75, 3.05) is 13.2 Å². The third kappa shape index (κ3) is 3.03. The molecule has 1 fully saturated rings. The number of carboxylic acids is 1. The summed E-state index contributed by atoms with van der Waals surface area (Å²) in [5.74, 6) is -2.09. The number of carbonyl (C=O) groups is 3. The number of aliphatic hydroxyl groups is 1. The Bertz CT molecular complexity index is 328. The van der Waals surface area contributed by atoms with Crippen LogP contribution in [0.4, 0.5) is 0 Å². The number of rotatable bonds is 5. The molecule has 1 amide bonds. The SMILES string of the molecule is O=C(CC1(C(=O)O)CCCCC1=O)NCCO. The van der Waals surface area contributed by atoms with Crippen LogP contribution in [0.2, 0.25) is 0 Å². The number of carbonyl (C=O) groups excluding carboxylic acids is 2. The summed E-state index contributed by atoms with van der Waals surface area (Å²) in [7, 11) is 0. The Morgan fingerprint density at radius 3 is 2.59 bits per heavy atom. The van der Waals surface area contributed by atoms with Crippen LogP contribution in [-0.4, -0.2) is 41.0 Å². The number of hydrogen-bond donors (Lipinski definition) is 3. The van der Waals surface area contributed by atoms with Gasteiger partial charge in [0, 0.05) is 19.4 Å². The van der Waals surface area contributed by atoms with Crippen LogP contribution < -0.4 is 5.32 Å². The molecule has 96 valence electrons. The van der Waals surface area contributed by atoms with E-state index in [0.29, 0.717) is 12.8 Å². The molecule has 0 aliphatic heterocycles. The molecule has 3 N–H and O–H groups in total. The van der Waals surface area contributed by atoms with Gasteiger partial charge in [0.2, 0.25) is 5.91 Å². The van der Waals surface area contributed by atoms with Crippen molar-refractivity contribution < 1.29 is 24.6 Å². The van der Waals surface area contributed by atoms with Crippen LogP contribution in [0.1, 0.15) is 32.1 Å². The Morgan fingerprint density at radius 1 is 1.35 bits per heavy atom. The Kier molecular flexibility index (Phi) is 4.62. The van der Waals surface area contributed by atoms with Crippen molar-refractivity contribution in [2.24, 2.45) is 5.41 Å². The number of Topliss-reactive ketones (excluding diaryl/α,β-unsaturated/α-hetero) is 1. The van der Waals surface area contributed by atoms with Crippen LogP contribution >= 0.6 is 0 Å². The van der Waals surface area contributed by atoms with Crippen molar-refractivity contribution in [2.45, 2.75) is 32.1 Å². The Hall–Kier alpha value is -1.43. The van der Waals surface area contributed by atoms with Gasteiger partial charge in [-0.15, -0.1) is 0 Å². The first-order valence-electron chi connectivity index (χ1n) is 5.67. The monoisotopic (exact) mass is 243 g/mol. The number of ketones is 1. The second-order valence-electron chi connectivity index (χ2n) is 4.27. The first-order chi connectivity index (χ1) is 8.03. The number of aliphatic carboxylic acids is 1. The highest BCUT2D eigenvalue weighted by molar-refractivity contribution is 6.06. The number of nitrogens with one attached hydrogen (secondary N) is 1. The summed E-state index contributed by atoms with van der Waals surface area (Å²) < 4.78 is 0. The molecule has 1 unspecified atom stereocenters. The average molecular weight is 243 g/mol. The summed E-state index contributed by atoms with van der Waals surface area (Å²) >= 11 is 0. The van der Waals surface area contributed by atoms with Crippen molar-refractivity contribution >= 4 is 17.7 Å². The third-order valence-corrected chi connectivity index (χ3v) is 3.10. The molecule has 0 aromatic carbocycles. The molecule has 0 saturated heterocycles. The first-order valence-corrected chi connectivity index (χ1v) is 5.67. The molecule has 1 saturated carbocycles. The van der Waals surface area contributed by atoms with Crippen LogP contribution in [0.25, 0.3) is 0 Å². The van der Waals surface area contributed by atoms with Crippen LogP contribution in [-0.2, 0) is 14.4 Å². The van der Waals surface area contributed by atoms with Gasteiger partial charge in [-0.05, 0) is 12.8 Å². The highest BCUT2D eigenvalue weighted by Crippen LogP contribution is 2.36. The van der Waals surface area contributed by atoms with Gasteiger partial charge in [0.25, 0.3) is 0 Å². The lowest BCUT2D eigenvalue weighted by molar-refractivity contribution is -0.160. The molecule has 0 spiro atoms. The van der Waals surface area contributed by atoms with Crippen LogP contribution in [0.3, 0.4) is 0 Å². The number of amides is 1. The Morgan fingerprint density at radius 2 is 2.06 bits per heavy atom. The van der Waals surface area contributed by atoms with E-state index in [9.17, 15) is 19.5 Å². The lowest BCUT2D eigenvalue weighted by atomic mass is 9.70. The standard InChI is InChI=1S/C11H17NO5/c13-6-5-12-9(15)7-11(10(16)17)4-2-1-3-8(11)14/h13H,1-7H2,(H,12,15)(H,16,17). The quantitative estimate of drug-likeness (QED) is 0.575. The zero-order chi connectivity index (χ0) is 12.9. The zero-order valence-electron chi connectivity index (χ0n) is 9.57. The summed E-state index contributed by atoms with van der Waals surface area (Å²) in [5, 5.41) is 20.1. The van der Waals surface area contributed by atoms with E-state index in [0.717, 1.165) is 0 Å². The summed E-state index contributed by atoms with van der Waals surface area (Å²) in [4.78, 5) is 34.5. The molecule has 0 bridgehead atoms. The van der Waals surface area contributed by atoms with Crippen molar-refractivity contribution in [3.63, 3.8) is 0 Å². The highest BCUT2D eigenvalue weighted by atomic mass is 16.4. The van der Waals surface area contributed by atoms with E-state index in [4.69, 9.17) is 5.11 Å². The summed E-state index contributed by atoms with van der Waals surface area (Å²) in [6.45, 7) is -0.136. The van der Waals surface area contributed by atoms with Gasteiger partial charge in [0.15, 0.2) is 5.78 Å². The maximum absolute atomic E-state index is 11.8. The molecule has 0 aromatic rings. The minimum Gasteiger partial charge on any atom is -0.480 e. The minimum absolute atomic E-state index is 0.0721. The van der Waals surface area contributed by atoms with Gasteiger partial charge in [-0.1, -0.05) is 6.42 Å². The van der Waals surface area contributed by atoms with E-state index >= 15 is 0 Å². The van der Waals surface area contributed by atoms with Gasteiger partial charge in [-0.3, -0.25) is 14.4 Å². The van der Waals surface area contributed by atoms with E-state index in [-0.39, 0.29) is 38.2 Å². The van der Waals surface area contributed by atoms with Gasteiger partial charge in [0.1, 0.15) is 5.41 Å². The Labute approximate surface area is 99.0 Å². The van der Waals surface area contributed by atoms with Gasteiger partial charge in [0.05, 0.1) is 6.61 Å². The number of hydrogen-bond acceptors (Lipinski definition) is 4. The summed E-state index contributed by atoms with van der Waals surface area (Å²) in [6.07, 6.45) is 1.44. The lowest BCUT2D eigenvalue weighted by Crippen LogP contribution is -2.45. The maximum atomic E-state index is 11.8. The van der Waals surface area contributed by atoms with E-state index < -0.39 is 17.3 Å². The molecule has 6 nitrogen and oxygen atoms in total. The van der Waals surface area contributed by atoms with Crippen molar-refractivity contribution in [3.8, 4) is 0 Å². The molecule has 6 heteroatoms. The highest BCUT2D eigenvalue weighted by Gasteiger charge is 2.48. The summed E-state index contributed by atoms with van der Waals surface area (Å²) in [6, 6.07) is 0. The predicted molar refractivity (Wildman–Crippen MR) is 58.3 cm³/mol. The molecule has 0 heterocycles. The molecule has 1 aliphatic carbocycles. The van der Waals surface area contributed by atoms with E-state index in [1.807, 2.05) is 0 Å². The number of carboxylic acid groups (broad SMARTS) is 1. The fourth-order valence-corrected chi connectivity index (χ4v) is 2.11. The van der Waals surface area contributed by atoms with Gasteiger partial charge in [-0.25, -0.2) is 0 Å². The molecular formula is C11H17NO5. The normalized spacial score (nSPS) is 24.4. The maximum Gasteiger partial charge on any atom is 0.317 e. The van der Waals surface area contributed by atoms with Crippen molar-refractivity contribution in [1.29, 1.82) is 0 Å². The van der Waals surface area contributed by atoms with E-state index in [1.54, 1.807) is 0 Å². The molecule has 1 aliphatic rings. The fraction of sp³-hybridized carbons (Fsp3) is 0.727. The lowest BCUT2D eigenvalue weighted by Gasteiger charge is -2.30. The van der Waals surface area contributed by atoms with E-state index in [2.05, 4.69) is 5.32 Å². The largest absolute Gasteiger partial charge is 0.480 e. The third-order valence-electron chi connectivity index (χ3n) is 3.10. The second kappa shape index (κ2) is 5.77. The Balaban J connectivity index is 2.74. The zero-order valence-corrected chi connectivity index (χ0v) is 9.57. The number of aliphatic hydroxyl groups excluding tert-OH is 1. The van der Waals surface area contributed by atoms with Crippen LogP contribution in [0.15, 0.2) is 0 Å². The van der Waals surface area contributed by atoms with Gasteiger partial charge in [-0.2, -0.15) is 0 Å². The molecule has 17 heavy (non-hydrogen) atoms. The van der Waals surface area contributed by atoms with E-state index in [1.165, 1.54) is 0 Å². The molecule has 0 aromatic heterocycles. The molecule has 1 atom stereocenters. The smallest absolute Gasteiger partial charge is 0.317 e. The van der Waals surface area contributed by atoms with Gasteiger partial charge < -0.3 is 15.5 Å². The average Bonchev–Trinajstić information content (AvgIpc) is 2.29. The molecule has 1 rings (SSSR count). The predicted octanol–water partition coefficient (Wildman–Crippen LogP) is -0.301. The summed E-state index contributed by atoms with van der Waals surface area (Å²) in [5.41, 5.74) is -1.56.